The maximum absolute atomic E-state index is 11.1. The van der Waals surface area contributed by atoms with E-state index in [1.807, 2.05) is 47.1 Å². The molecule has 1 rings (SSSR count). The molecule has 1 N–H and O–H groups in total. The van der Waals surface area contributed by atoms with Gasteiger partial charge in [-0.1, -0.05) is 19.1 Å². The van der Waals surface area contributed by atoms with Gasteiger partial charge in [-0.15, -0.1) is 0 Å². The molecule has 0 aromatic heterocycles. The van der Waals surface area contributed by atoms with Crippen molar-refractivity contribution >= 4 is 28.8 Å². The molecular weight excluding hydrogens is 265 g/mol. The van der Waals surface area contributed by atoms with Crippen molar-refractivity contribution in [1.82, 2.24) is 3.53 Å². The molecule has 0 heterocycles. The van der Waals surface area contributed by atoms with Gasteiger partial charge in [0.15, 0.2) is 0 Å². The highest BCUT2D eigenvalue weighted by molar-refractivity contribution is 14.1. The van der Waals surface area contributed by atoms with E-state index in [0.717, 1.165) is 6.42 Å². The Bertz CT molecular complexity index is 268. The minimum atomic E-state index is -0.0433. The normalized spacial score (nSPS) is 9.50. The fraction of sp³-hybridized carbons (Fsp3) is 0.222. The highest BCUT2D eigenvalue weighted by Gasteiger charge is 2.01. The molecule has 0 unspecified atom stereocenters. The molecule has 1 aromatic rings. The van der Waals surface area contributed by atoms with E-state index in [0.29, 0.717) is 5.56 Å². The Hall–Kier alpha value is -0.580. The SMILES string of the molecule is CCc1ccc(C(=O)NI)cc1. The second kappa shape index (κ2) is 4.45. The standard InChI is InChI=1S/C9H10INO/c1-2-7-3-5-8(6-4-7)9(12)11-10/h3-6H,2H2,1H3,(H,11,12). The molecule has 0 aliphatic rings. The minimum absolute atomic E-state index is 0.0433. The van der Waals surface area contributed by atoms with Gasteiger partial charge in [0.1, 0.15) is 0 Å². The molecule has 12 heavy (non-hydrogen) atoms. The molecule has 0 bridgehead atoms. The summed E-state index contributed by atoms with van der Waals surface area (Å²) in [4.78, 5) is 11.1. The van der Waals surface area contributed by atoms with E-state index in [-0.39, 0.29) is 5.91 Å². The quantitative estimate of drug-likeness (QED) is 0.651. The maximum Gasteiger partial charge on any atom is 0.259 e. The van der Waals surface area contributed by atoms with E-state index >= 15 is 0 Å². The Kier molecular flexibility index (Phi) is 3.52. The first-order valence-corrected chi connectivity index (χ1v) is 4.85. The maximum atomic E-state index is 11.1. The second-order valence-corrected chi connectivity index (χ2v) is 3.01. The van der Waals surface area contributed by atoms with Crippen LogP contribution in [0, 0.1) is 0 Å². The zero-order valence-electron chi connectivity index (χ0n) is 6.80. The topological polar surface area (TPSA) is 29.1 Å². The Labute approximate surface area is 85.9 Å². The molecule has 0 aliphatic carbocycles. The molecule has 0 spiro atoms. The van der Waals surface area contributed by atoms with Crippen molar-refractivity contribution in [3.63, 3.8) is 0 Å². The summed E-state index contributed by atoms with van der Waals surface area (Å²) >= 11 is 1.84. The third-order valence-corrected chi connectivity index (χ3v) is 2.20. The van der Waals surface area contributed by atoms with Crippen LogP contribution < -0.4 is 3.53 Å². The zero-order chi connectivity index (χ0) is 8.97. The lowest BCUT2D eigenvalue weighted by Crippen LogP contribution is -2.11. The number of benzene rings is 1. The van der Waals surface area contributed by atoms with Crippen molar-refractivity contribution in [3.8, 4) is 0 Å². The van der Waals surface area contributed by atoms with Crippen molar-refractivity contribution in [2.24, 2.45) is 0 Å². The summed E-state index contributed by atoms with van der Waals surface area (Å²) in [6.45, 7) is 2.09. The number of carbonyl (C=O) groups excluding carboxylic acids is 1. The van der Waals surface area contributed by atoms with Crippen molar-refractivity contribution in [1.29, 1.82) is 0 Å². The van der Waals surface area contributed by atoms with Gasteiger partial charge >= 0.3 is 0 Å². The van der Waals surface area contributed by atoms with Crippen LogP contribution in [0.1, 0.15) is 22.8 Å². The van der Waals surface area contributed by atoms with Gasteiger partial charge in [-0.05, 0) is 24.1 Å². The molecule has 0 saturated heterocycles. The predicted molar refractivity (Wildman–Crippen MR) is 57.3 cm³/mol. The van der Waals surface area contributed by atoms with Crippen LogP contribution in [0.25, 0.3) is 0 Å². The Balaban J connectivity index is 2.84. The number of hydrogen-bond donors (Lipinski definition) is 1. The van der Waals surface area contributed by atoms with Crippen LogP contribution in [0.3, 0.4) is 0 Å². The first-order chi connectivity index (χ1) is 5.77. The number of hydrogen-bond acceptors (Lipinski definition) is 1. The molecule has 1 aromatic carbocycles. The van der Waals surface area contributed by atoms with Gasteiger partial charge in [0, 0.05) is 5.56 Å². The molecule has 0 saturated carbocycles. The van der Waals surface area contributed by atoms with Gasteiger partial charge in [0.25, 0.3) is 5.91 Å². The van der Waals surface area contributed by atoms with Gasteiger partial charge in [-0.2, -0.15) is 0 Å². The van der Waals surface area contributed by atoms with E-state index < -0.39 is 0 Å². The zero-order valence-corrected chi connectivity index (χ0v) is 8.96. The fourth-order valence-corrected chi connectivity index (χ4v) is 1.26. The second-order valence-electron chi connectivity index (χ2n) is 2.47. The lowest BCUT2D eigenvalue weighted by molar-refractivity contribution is 0.0989. The van der Waals surface area contributed by atoms with Gasteiger partial charge in [0.2, 0.25) is 0 Å². The molecule has 0 radical (unpaired) electrons. The number of aryl methyl sites for hydroxylation is 1. The van der Waals surface area contributed by atoms with E-state index in [2.05, 4.69) is 10.5 Å². The minimum Gasteiger partial charge on any atom is -0.295 e. The van der Waals surface area contributed by atoms with E-state index in [1.165, 1.54) is 5.56 Å². The molecule has 0 aliphatic heterocycles. The van der Waals surface area contributed by atoms with Crippen LogP contribution in [0.2, 0.25) is 0 Å². The highest BCUT2D eigenvalue weighted by Crippen LogP contribution is 2.05. The van der Waals surface area contributed by atoms with Crippen LogP contribution >= 0.6 is 22.9 Å². The summed E-state index contributed by atoms with van der Waals surface area (Å²) in [6.07, 6.45) is 1.01. The summed E-state index contributed by atoms with van der Waals surface area (Å²) in [7, 11) is 0. The first-order valence-electron chi connectivity index (χ1n) is 3.78. The molecular formula is C9H10INO. The summed E-state index contributed by atoms with van der Waals surface area (Å²) in [6, 6.07) is 7.63. The third-order valence-electron chi connectivity index (χ3n) is 1.71. The average Bonchev–Trinajstić information content (AvgIpc) is 2.17. The molecule has 3 heteroatoms. The Morgan fingerprint density at radius 2 is 2.00 bits per heavy atom. The first kappa shape index (κ1) is 9.51. The van der Waals surface area contributed by atoms with Crippen molar-refractivity contribution < 1.29 is 4.79 Å². The third kappa shape index (κ3) is 2.20. The summed E-state index contributed by atoms with van der Waals surface area (Å²) in [5.74, 6) is -0.0433. The highest BCUT2D eigenvalue weighted by atomic mass is 127. The average molecular weight is 275 g/mol. The van der Waals surface area contributed by atoms with Crippen molar-refractivity contribution in [3.05, 3.63) is 35.4 Å². The number of rotatable bonds is 2. The Morgan fingerprint density at radius 1 is 1.42 bits per heavy atom. The van der Waals surface area contributed by atoms with Crippen molar-refractivity contribution in [2.45, 2.75) is 13.3 Å². The van der Waals surface area contributed by atoms with Gasteiger partial charge in [0.05, 0.1) is 22.9 Å². The molecule has 64 valence electrons. The number of carbonyl (C=O) groups is 1. The van der Waals surface area contributed by atoms with Crippen molar-refractivity contribution in [2.75, 3.05) is 0 Å². The van der Waals surface area contributed by atoms with Gasteiger partial charge in [-0.25, -0.2) is 0 Å². The van der Waals surface area contributed by atoms with Gasteiger partial charge < -0.3 is 0 Å². The Morgan fingerprint density at radius 3 is 2.42 bits per heavy atom. The van der Waals surface area contributed by atoms with E-state index in [1.54, 1.807) is 0 Å². The predicted octanol–water partition coefficient (Wildman–Crippen LogP) is 2.33. The van der Waals surface area contributed by atoms with Crippen LogP contribution in [-0.2, 0) is 6.42 Å². The van der Waals surface area contributed by atoms with Crippen LogP contribution in [0.5, 0.6) is 0 Å². The lowest BCUT2D eigenvalue weighted by atomic mass is 10.1. The fourth-order valence-electron chi connectivity index (χ4n) is 0.946. The molecule has 0 fully saturated rings. The largest absolute Gasteiger partial charge is 0.295 e. The van der Waals surface area contributed by atoms with E-state index in [9.17, 15) is 4.79 Å². The summed E-state index contributed by atoms with van der Waals surface area (Å²) < 4.78 is 2.55. The summed E-state index contributed by atoms with van der Waals surface area (Å²) in [5, 5.41) is 0. The molecule has 2 nitrogen and oxygen atoms in total. The van der Waals surface area contributed by atoms with E-state index in [4.69, 9.17) is 0 Å². The van der Waals surface area contributed by atoms with Crippen LogP contribution in [0.4, 0.5) is 0 Å². The lowest BCUT2D eigenvalue weighted by Gasteiger charge is -1.99. The molecule has 1 amide bonds. The summed E-state index contributed by atoms with van der Waals surface area (Å²) in [5.41, 5.74) is 1.96. The van der Waals surface area contributed by atoms with Gasteiger partial charge in [-0.3, -0.25) is 8.32 Å². The van der Waals surface area contributed by atoms with Crippen LogP contribution in [-0.4, -0.2) is 5.91 Å². The van der Waals surface area contributed by atoms with Crippen LogP contribution in [0.15, 0.2) is 24.3 Å². The smallest absolute Gasteiger partial charge is 0.259 e. The number of amides is 1. The monoisotopic (exact) mass is 275 g/mol. The molecule has 0 atom stereocenters. The number of halogens is 1. The number of nitrogens with one attached hydrogen (secondary N) is 1.